The van der Waals surface area contributed by atoms with E-state index >= 15 is 0 Å². The number of hydrogen-bond donors (Lipinski definition) is 2. The summed E-state index contributed by atoms with van der Waals surface area (Å²) in [4.78, 5) is 49.7. The largest absolute Gasteiger partial charge is 0.460 e. The molecule has 0 spiro atoms. The van der Waals surface area contributed by atoms with Gasteiger partial charge in [0.15, 0.2) is 0 Å². The molecule has 0 aliphatic carbocycles. The summed E-state index contributed by atoms with van der Waals surface area (Å²) in [5.41, 5.74) is -2.67. The number of nitrogens with one attached hydrogen (secondary N) is 2. The molecular weight excluding hydrogens is 708 g/mol. The molecule has 0 saturated heterocycles. The fourth-order valence-corrected chi connectivity index (χ4v) is 4.14. The van der Waals surface area contributed by atoms with Crippen LogP contribution in [-0.4, -0.2) is 151 Å². The van der Waals surface area contributed by atoms with Crippen molar-refractivity contribution in [1.29, 1.82) is 0 Å². The third kappa shape index (κ3) is 34.1. The van der Waals surface area contributed by atoms with E-state index in [4.69, 9.17) is 47.4 Å². The minimum Gasteiger partial charge on any atom is -0.460 e. The predicted molar refractivity (Wildman–Crippen MR) is 201 cm³/mol. The maximum atomic E-state index is 12.6. The van der Waals surface area contributed by atoms with E-state index in [1.807, 2.05) is 0 Å². The molecule has 0 saturated carbocycles. The van der Waals surface area contributed by atoms with Crippen LogP contribution in [0.3, 0.4) is 0 Å². The summed E-state index contributed by atoms with van der Waals surface area (Å²) < 4.78 is 54.7. The second kappa shape index (κ2) is 27.2. The highest BCUT2D eigenvalue weighted by Crippen LogP contribution is 2.14. The lowest BCUT2D eigenvalue weighted by Crippen LogP contribution is -2.44. The average molecular weight is 781 g/mol. The van der Waals surface area contributed by atoms with Crippen LogP contribution in [0.25, 0.3) is 0 Å². The molecule has 2 N–H and O–H groups in total. The Balaban J connectivity index is 3.88. The number of esters is 4. The van der Waals surface area contributed by atoms with Crippen LogP contribution in [0.4, 0.5) is 0 Å². The van der Waals surface area contributed by atoms with Crippen LogP contribution in [0.1, 0.15) is 95.9 Å². The van der Waals surface area contributed by atoms with Crippen LogP contribution < -0.4 is 10.6 Å². The van der Waals surface area contributed by atoms with E-state index in [1.54, 1.807) is 83.1 Å². The Morgan fingerprint density at radius 1 is 0.370 bits per heavy atom. The molecule has 0 aliphatic rings. The van der Waals surface area contributed by atoms with Crippen LogP contribution in [0.2, 0.25) is 0 Å². The second-order valence-electron chi connectivity index (χ2n) is 16.3. The second-order valence-corrected chi connectivity index (χ2v) is 16.3. The standard InChI is InChI=1S/C38H72N2O14/c1-35(2,3)51-31(41)27-29(33(43)53-37(7,8)9)39-13-15-45-17-19-47-21-23-49-25-26-50-24-22-48-20-18-46-16-14-40-30(34(44)54-38(10,11)12)28-32(42)52-36(4,5)6/h29-30,39-40H,13-28H2,1-12H3. The highest BCUT2D eigenvalue weighted by Gasteiger charge is 2.30. The molecule has 16 heteroatoms. The Morgan fingerprint density at radius 2 is 0.593 bits per heavy atom. The van der Waals surface area contributed by atoms with Gasteiger partial charge in [-0.05, 0) is 83.1 Å². The van der Waals surface area contributed by atoms with Gasteiger partial charge in [-0.1, -0.05) is 0 Å². The van der Waals surface area contributed by atoms with Gasteiger partial charge in [0.2, 0.25) is 0 Å². The van der Waals surface area contributed by atoms with Crippen LogP contribution >= 0.6 is 0 Å². The number of ether oxygens (including phenoxy) is 10. The zero-order valence-electron chi connectivity index (χ0n) is 35.2. The van der Waals surface area contributed by atoms with Crippen molar-refractivity contribution in [2.45, 2.75) is 130 Å². The van der Waals surface area contributed by atoms with Crippen molar-refractivity contribution in [1.82, 2.24) is 10.6 Å². The van der Waals surface area contributed by atoms with Crippen LogP contribution in [0.5, 0.6) is 0 Å². The topological polar surface area (TPSA) is 185 Å². The molecular formula is C38H72N2O14. The maximum Gasteiger partial charge on any atom is 0.324 e. The fourth-order valence-electron chi connectivity index (χ4n) is 4.14. The summed E-state index contributed by atoms with van der Waals surface area (Å²) in [7, 11) is 0. The summed E-state index contributed by atoms with van der Waals surface area (Å²) >= 11 is 0. The van der Waals surface area contributed by atoms with Crippen LogP contribution in [0.15, 0.2) is 0 Å². The maximum absolute atomic E-state index is 12.6. The smallest absolute Gasteiger partial charge is 0.324 e. The lowest BCUT2D eigenvalue weighted by molar-refractivity contribution is -0.164. The molecule has 2 unspecified atom stereocenters. The number of carbonyl (C=O) groups excluding carboxylic acids is 4. The minimum absolute atomic E-state index is 0.146. The highest BCUT2D eigenvalue weighted by molar-refractivity contribution is 5.83. The van der Waals surface area contributed by atoms with Crippen molar-refractivity contribution in [3.63, 3.8) is 0 Å². The van der Waals surface area contributed by atoms with Gasteiger partial charge in [-0.15, -0.1) is 0 Å². The van der Waals surface area contributed by atoms with E-state index in [-0.39, 0.29) is 12.8 Å². The minimum atomic E-state index is -0.846. The molecule has 0 heterocycles. The first-order valence-corrected chi connectivity index (χ1v) is 18.8. The van der Waals surface area contributed by atoms with Gasteiger partial charge in [-0.3, -0.25) is 19.2 Å². The molecule has 0 rings (SSSR count). The Hall–Kier alpha value is -2.44. The monoisotopic (exact) mass is 780 g/mol. The Labute approximate surface area is 323 Å². The zero-order chi connectivity index (χ0) is 41.3. The molecule has 0 bridgehead atoms. The predicted octanol–water partition coefficient (Wildman–Crippen LogP) is 3.15. The fraction of sp³-hybridized carbons (Fsp3) is 0.895. The van der Waals surface area contributed by atoms with E-state index in [2.05, 4.69) is 10.6 Å². The van der Waals surface area contributed by atoms with Gasteiger partial charge < -0.3 is 58.0 Å². The molecule has 0 fully saturated rings. The molecule has 0 amide bonds. The van der Waals surface area contributed by atoms with Crippen molar-refractivity contribution >= 4 is 23.9 Å². The third-order valence-corrected chi connectivity index (χ3v) is 6.10. The van der Waals surface area contributed by atoms with Crippen molar-refractivity contribution in [2.75, 3.05) is 92.4 Å². The lowest BCUT2D eigenvalue weighted by Gasteiger charge is -2.25. The SMILES string of the molecule is CC(C)(C)OC(=O)CC(NCCOCCOCCOCCOCCOCCOCCNC(CC(=O)OC(C)(C)C)C(=O)OC(C)(C)C)C(=O)OC(C)(C)C. The highest BCUT2D eigenvalue weighted by atomic mass is 16.6. The molecule has 0 aromatic rings. The Morgan fingerprint density at radius 3 is 0.815 bits per heavy atom. The molecule has 16 nitrogen and oxygen atoms in total. The van der Waals surface area contributed by atoms with Gasteiger partial charge in [0.25, 0.3) is 0 Å². The van der Waals surface area contributed by atoms with Crippen molar-refractivity contribution in [2.24, 2.45) is 0 Å². The zero-order valence-corrected chi connectivity index (χ0v) is 35.2. The molecule has 0 radical (unpaired) electrons. The Kier molecular flexibility index (Phi) is 26.0. The van der Waals surface area contributed by atoms with E-state index in [0.29, 0.717) is 92.4 Å². The van der Waals surface area contributed by atoms with Gasteiger partial charge in [0.05, 0.1) is 92.1 Å². The Bertz CT molecular complexity index is 963. The van der Waals surface area contributed by atoms with Crippen molar-refractivity contribution in [3.05, 3.63) is 0 Å². The first-order valence-electron chi connectivity index (χ1n) is 18.8. The van der Waals surface area contributed by atoms with Gasteiger partial charge in [0, 0.05) is 13.1 Å². The van der Waals surface area contributed by atoms with Gasteiger partial charge in [-0.2, -0.15) is 0 Å². The third-order valence-electron chi connectivity index (χ3n) is 6.10. The number of hydrogen-bond acceptors (Lipinski definition) is 16. The first kappa shape index (κ1) is 51.6. The first-order chi connectivity index (χ1) is 25.0. The molecule has 54 heavy (non-hydrogen) atoms. The molecule has 0 aromatic carbocycles. The molecule has 0 aromatic heterocycles. The average Bonchev–Trinajstić information content (AvgIpc) is 2.98. The van der Waals surface area contributed by atoms with E-state index in [1.165, 1.54) is 0 Å². The summed E-state index contributed by atoms with van der Waals surface area (Å²) in [6.45, 7) is 26.5. The molecule has 0 aliphatic heterocycles. The van der Waals surface area contributed by atoms with Crippen molar-refractivity contribution < 1.29 is 66.5 Å². The van der Waals surface area contributed by atoms with E-state index in [9.17, 15) is 19.2 Å². The molecule has 318 valence electrons. The van der Waals surface area contributed by atoms with Gasteiger partial charge >= 0.3 is 23.9 Å². The summed E-state index contributed by atoms with van der Waals surface area (Å²) in [6, 6.07) is -1.69. The normalized spacial score (nSPS) is 13.6. The van der Waals surface area contributed by atoms with Crippen LogP contribution in [-0.2, 0) is 66.5 Å². The number of rotatable bonds is 29. The number of carbonyl (C=O) groups is 4. The quantitative estimate of drug-likeness (QED) is 0.0641. The summed E-state index contributed by atoms with van der Waals surface area (Å²) in [6.07, 6.45) is -0.292. The van der Waals surface area contributed by atoms with Crippen molar-refractivity contribution in [3.8, 4) is 0 Å². The van der Waals surface area contributed by atoms with E-state index in [0.717, 1.165) is 0 Å². The lowest BCUT2D eigenvalue weighted by atomic mass is 10.1. The molecule has 2 atom stereocenters. The van der Waals surface area contributed by atoms with Gasteiger partial charge in [-0.25, -0.2) is 0 Å². The van der Waals surface area contributed by atoms with Crippen LogP contribution in [0, 0.1) is 0 Å². The van der Waals surface area contributed by atoms with E-state index < -0.39 is 58.4 Å². The summed E-state index contributed by atoms with van der Waals surface area (Å²) in [5, 5.41) is 6.05. The summed E-state index contributed by atoms with van der Waals surface area (Å²) in [5.74, 6) is -2.02. The van der Waals surface area contributed by atoms with Gasteiger partial charge in [0.1, 0.15) is 34.5 Å².